The van der Waals surface area contributed by atoms with Crippen LogP contribution in [0.1, 0.15) is 34.5 Å². The van der Waals surface area contributed by atoms with Crippen LogP contribution in [0.15, 0.2) is 24.3 Å². The number of likely N-dealkylation sites (tertiary alicyclic amines) is 1. The standard InChI is InChI=1S/C22H28N4O2S/c1-15-16(2)29-22(23-15)24-20(27)14-25-10-5-8-19(12-25)21(28)26-11-9-17-6-3-4-7-18(17)13-26/h3-4,6-7,19H,5,8-14H2,1-2H3,(H,23,24,27). The molecule has 6 nitrogen and oxygen atoms in total. The Morgan fingerprint density at radius 3 is 2.76 bits per heavy atom. The molecule has 0 aliphatic carbocycles. The largest absolute Gasteiger partial charge is 0.338 e. The van der Waals surface area contributed by atoms with Crippen molar-refractivity contribution in [2.24, 2.45) is 5.92 Å². The number of anilines is 1. The summed E-state index contributed by atoms with van der Waals surface area (Å²) in [6.07, 6.45) is 2.77. The van der Waals surface area contributed by atoms with Gasteiger partial charge in [0.1, 0.15) is 0 Å². The highest BCUT2D eigenvalue weighted by Gasteiger charge is 2.31. The molecule has 0 bridgehead atoms. The third-order valence-corrected chi connectivity index (χ3v) is 6.93. The van der Waals surface area contributed by atoms with Crippen molar-refractivity contribution in [1.29, 1.82) is 0 Å². The Bertz CT molecular complexity index is 890. The number of aryl methyl sites for hydroxylation is 2. The summed E-state index contributed by atoms with van der Waals surface area (Å²) in [4.78, 5) is 35.1. The molecular formula is C22H28N4O2S. The normalized spacial score (nSPS) is 19.7. The topological polar surface area (TPSA) is 65.5 Å². The van der Waals surface area contributed by atoms with E-state index in [0.29, 0.717) is 24.8 Å². The predicted octanol–water partition coefficient (Wildman–Crippen LogP) is 3.00. The van der Waals surface area contributed by atoms with E-state index < -0.39 is 0 Å². The van der Waals surface area contributed by atoms with Crippen molar-refractivity contribution in [2.75, 3.05) is 31.5 Å². The van der Waals surface area contributed by atoms with E-state index in [2.05, 4.69) is 33.4 Å². The van der Waals surface area contributed by atoms with Crippen molar-refractivity contribution in [3.63, 3.8) is 0 Å². The summed E-state index contributed by atoms with van der Waals surface area (Å²) < 4.78 is 0. The maximum absolute atomic E-state index is 13.1. The average Bonchev–Trinajstić information content (AvgIpc) is 3.03. The number of fused-ring (bicyclic) bond motifs is 1. The first-order valence-electron chi connectivity index (χ1n) is 10.3. The van der Waals surface area contributed by atoms with Gasteiger partial charge in [-0.25, -0.2) is 4.98 Å². The Hall–Kier alpha value is -2.25. The summed E-state index contributed by atoms with van der Waals surface area (Å²) in [5.74, 6) is 0.153. The molecule has 154 valence electrons. The molecule has 1 N–H and O–H groups in total. The Morgan fingerprint density at radius 1 is 1.21 bits per heavy atom. The second-order valence-corrected chi connectivity index (χ2v) is 9.26. The number of thiazole rings is 1. The first kappa shape index (κ1) is 20.0. The Balaban J connectivity index is 1.32. The highest BCUT2D eigenvalue weighted by Crippen LogP contribution is 2.25. The fourth-order valence-corrected chi connectivity index (χ4v) is 5.06. The summed E-state index contributed by atoms with van der Waals surface area (Å²) in [5.41, 5.74) is 3.57. The lowest BCUT2D eigenvalue weighted by atomic mass is 9.94. The SMILES string of the molecule is Cc1nc(NC(=O)CN2CCCC(C(=O)N3CCc4ccccc4C3)C2)sc1C. The third kappa shape index (κ3) is 4.67. The molecule has 1 aromatic heterocycles. The van der Waals surface area contributed by atoms with Crippen LogP contribution < -0.4 is 5.32 Å². The lowest BCUT2D eigenvalue weighted by Crippen LogP contribution is -2.47. The molecule has 2 aliphatic rings. The predicted molar refractivity (Wildman–Crippen MR) is 115 cm³/mol. The van der Waals surface area contributed by atoms with Gasteiger partial charge in [0.15, 0.2) is 5.13 Å². The molecule has 0 saturated carbocycles. The minimum atomic E-state index is -0.0567. The van der Waals surface area contributed by atoms with Crippen LogP contribution >= 0.6 is 11.3 Å². The maximum atomic E-state index is 13.1. The van der Waals surface area contributed by atoms with E-state index in [4.69, 9.17) is 0 Å². The monoisotopic (exact) mass is 412 g/mol. The van der Waals surface area contributed by atoms with E-state index in [-0.39, 0.29) is 17.7 Å². The van der Waals surface area contributed by atoms with Gasteiger partial charge in [0.25, 0.3) is 0 Å². The smallest absolute Gasteiger partial charge is 0.240 e. The van der Waals surface area contributed by atoms with Gasteiger partial charge in [0.05, 0.1) is 18.2 Å². The number of piperidine rings is 1. The van der Waals surface area contributed by atoms with Crippen molar-refractivity contribution >= 4 is 28.3 Å². The first-order chi connectivity index (χ1) is 14.0. The van der Waals surface area contributed by atoms with Crippen molar-refractivity contribution in [1.82, 2.24) is 14.8 Å². The van der Waals surface area contributed by atoms with Gasteiger partial charge >= 0.3 is 0 Å². The summed E-state index contributed by atoms with van der Waals surface area (Å²) in [7, 11) is 0. The molecule has 7 heteroatoms. The molecule has 2 amide bonds. The summed E-state index contributed by atoms with van der Waals surface area (Å²) in [6.45, 7) is 7.26. The molecule has 1 atom stereocenters. The van der Waals surface area contributed by atoms with Crippen LogP contribution in [0.25, 0.3) is 0 Å². The molecule has 4 rings (SSSR count). The van der Waals surface area contributed by atoms with E-state index in [1.54, 1.807) is 0 Å². The number of aromatic nitrogens is 1. The van der Waals surface area contributed by atoms with Crippen LogP contribution in [0.4, 0.5) is 5.13 Å². The van der Waals surface area contributed by atoms with Gasteiger partial charge in [-0.2, -0.15) is 0 Å². The van der Waals surface area contributed by atoms with Gasteiger partial charge in [0.2, 0.25) is 11.8 Å². The lowest BCUT2D eigenvalue weighted by Gasteiger charge is -2.36. The molecule has 2 aromatic rings. The quantitative estimate of drug-likeness (QED) is 0.838. The van der Waals surface area contributed by atoms with E-state index in [0.717, 1.165) is 42.9 Å². The average molecular weight is 413 g/mol. The number of nitrogens with zero attached hydrogens (tertiary/aromatic N) is 3. The van der Waals surface area contributed by atoms with Crippen molar-refractivity contribution in [3.05, 3.63) is 46.0 Å². The summed E-state index contributed by atoms with van der Waals surface area (Å²) in [5, 5.41) is 3.56. The van der Waals surface area contributed by atoms with Crippen LogP contribution in [-0.2, 0) is 22.6 Å². The fraction of sp³-hybridized carbons (Fsp3) is 0.500. The Labute approximate surface area is 175 Å². The zero-order valence-electron chi connectivity index (χ0n) is 17.1. The molecule has 1 saturated heterocycles. The molecule has 3 heterocycles. The number of amides is 2. The van der Waals surface area contributed by atoms with E-state index >= 15 is 0 Å². The van der Waals surface area contributed by atoms with E-state index in [9.17, 15) is 9.59 Å². The molecule has 0 radical (unpaired) electrons. The van der Waals surface area contributed by atoms with E-state index in [1.165, 1.54) is 22.5 Å². The second-order valence-electron chi connectivity index (χ2n) is 8.06. The van der Waals surface area contributed by atoms with Crippen LogP contribution in [0, 0.1) is 19.8 Å². The number of nitrogens with one attached hydrogen (secondary N) is 1. The molecule has 1 aromatic carbocycles. The van der Waals surface area contributed by atoms with Crippen LogP contribution in [0.5, 0.6) is 0 Å². The number of carbonyl (C=O) groups excluding carboxylic acids is 2. The lowest BCUT2D eigenvalue weighted by molar-refractivity contribution is -0.138. The van der Waals surface area contributed by atoms with Gasteiger partial charge in [-0.3, -0.25) is 14.5 Å². The fourth-order valence-electron chi connectivity index (χ4n) is 4.23. The maximum Gasteiger partial charge on any atom is 0.240 e. The molecular weight excluding hydrogens is 384 g/mol. The number of rotatable bonds is 4. The van der Waals surface area contributed by atoms with Gasteiger partial charge < -0.3 is 10.2 Å². The summed E-state index contributed by atoms with van der Waals surface area (Å²) >= 11 is 1.50. The van der Waals surface area contributed by atoms with Crippen molar-refractivity contribution in [2.45, 2.75) is 39.7 Å². The van der Waals surface area contributed by atoms with Crippen LogP contribution in [0.2, 0.25) is 0 Å². The van der Waals surface area contributed by atoms with Gasteiger partial charge in [-0.05, 0) is 50.8 Å². The number of hydrogen-bond donors (Lipinski definition) is 1. The summed E-state index contributed by atoms with van der Waals surface area (Å²) in [6, 6.07) is 8.38. The first-order valence-corrected chi connectivity index (χ1v) is 11.1. The van der Waals surface area contributed by atoms with Crippen molar-refractivity contribution < 1.29 is 9.59 Å². The minimum Gasteiger partial charge on any atom is -0.338 e. The highest BCUT2D eigenvalue weighted by molar-refractivity contribution is 7.15. The number of carbonyl (C=O) groups is 2. The third-order valence-electron chi connectivity index (χ3n) is 5.94. The van der Waals surface area contributed by atoms with Crippen LogP contribution in [-0.4, -0.2) is 52.8 Å². The van der Waals surface area contributed by atoms with Gasteiger partial charge in [0, 0.05) is 24.5 Å². The number of hydrogen-bond acceptors (Lipinski definition) is 5. The Morgan fingerprint density at radius 2 is 2.00 bits per heavy atom. The number of benzene rings is 1. The molecule has 1 unspecified atom stereocenters. The zero-order valence-corrected chi connectivity index (χ0v) is 17.9. The molecule has 2 aliphatic heterocycles. The minimum absolute atomic E-state index is 0.0221. The van der Waals surface area contributed by atoms with Crippen LogP contribution in [0.3, 0.4) is 0 Å². The van der Waals surface area contributed by atoms with Gasteiger partial charge in [-0.1, -0.05) is 24.3 Å². The van der Waals surface area contributed by atoms with Gasteiger partial charge in [-0.15, -0.1) is 11.3 Å². The van der Waals surface area contributed by atoms with E-state index in [1.807, 2.05) is 24.8 Å². The highest BCUT2D eigenvalue weighted by atomic mass is 32.1. The second kappa shape index (κ2) is 8.63. The molecule has 1 fully saturated rings. The Kier molecular flexibility index (Phi) is 5.96. The molecule has 29 heavy (non-hydrogen) atoms. The zero-order chi connectivity index (χ0) is 20.4. The molecule has 0 spiro atoms. The van der Waals surface area contributed by atoms with Crippen molar-refractivity contribution in [3.8, 4) is 0 Å².